The number of rotatable bonds is 1. The second kappa shape index (κ2) is 4.71. The van der Waals surface area contributed by atoms with Crippen molar-refractivity contribution < 1.29 is 26.7 Å². The molecule has 0 radical (unpaired) electrons. The molecule has 7 heteroatoms. The smallest absolute Gasteiger partial charge is 0.167 e. The van der Waals surface area contributed by atoms with Crippen LogP contribution in [0.25, 0.3) is 0 Å². The van der Waals surface area contributed by atoms with Crippen LogP contribution >= 0.6 is 0 Å². The Kier molecular flexibility index (Phi) is 3.33. The zero-order valence-electron chi connectivity index (χ0n) is 11.2. The van der Waals surface area contributed by atoms with E-state index in [1.165, 1.54) is 0 Å². The molecule has 21 heavy (non-hydrogen) atoms. The lowest BCUT2D eigenvalue weighted by atomic mass is 9.80. The maximum absolute atomic E-state index is 13.9. The van der Waals surface area contributed by atoms with Crippen LogP contribution < -0.4 is 0 Å². The molecule has 1 aromatic carbocycles. The molecule has 0 aromatic heterocycles. The van der Waals surface area contributed by atoms with Crippen molar-refractivity contribution in [2.24, 2.45) is 0 Å². The van der Waals surface area contributed by atoms with Gasteiger partial charge >= 0.3 is 0 Å². The minimum absolute atomic E-state index is 0.289. The van der Waals surface area contributed by atoms with Crippen molar-refractivity contribution in [3.8, 4) is 0 Å². The number of sulfone groups is 1. The van der Waals surface area contributed by atoms with Crippen molar-refractivity contribution in [1.29, 1.82) is 0 Å². The van der Waals surface area contributed by atoms with Gasteiger partial charge in [0.15, 0.2) is 21.5 Å². The van der Waals surface area contributed by atoms with Gasteiger partial charge in [-0.05, 0) is 37.8 Å². The van der Waals surface area contributed by atoms with Crippen LogP contribution in [0, 0.1) is 17.5 Å². The van der Waals surface area contributed by atoms with E-state index in [0.717, 1.165) is 6.07 Å². The maximum Gasteiger partial charge on any atom is 0.167 e. The molecule has 2 saturated heterocycles. The molecule has 2 fully saturated rings. The highest BCUT2D eigenvalue weighted by Crippen LogP contribution is 2.47. The zero-order valence-corrected chi connectivity index (χ0v) is 12.0. The highest BCUT2D eigenvalue weighted by molar-refractivity contribution is 7.92. The monoisotopic (exact) mass is 320 g/mol. The largest absolute Gasteiger partial charge is 0.385 e. The van der Waals surface area contributed by atoms with Crippen LogP contribution in [0.5, 0.6) is 0 Å². The van der Waals surface area contributed by atoms with Gasteiger partial charge in [0.1, 0.15) is 5.82 Å². The molecule has 116 valence electrons. The van der Waals surface area contributed by atoms with Gasteiger partial charge in [-0.1, -0.05) is 6.42 Å². The summed E-state index contributed by atoms with van der Waals surface area (Å²) in [4.78, 5) is 0. The Morgan fingerprint density at radius 2 is 1.57 bits per heavy atom. The topological polar surface area (TPSA) is 54.4 Å². The van der Waals surface area contributed by atoms with Crippen LogP contribution in [0.1, 0.15) is 37.7 Å². The highest BCUT2D eigenvalue weighted by Gasteiger charge is 2.52. The lowest BCUT2D eigenvalue weighted by molar-refractivity contribution is -0.00208. The molecule has 0 aliphatic carbocycles. The van der Waals surface area contributed by atoms with Crippen LogP contribution in [-0.4, -0.2) is 24.0 Å². The van der Waals surface area contributed by atoms with Crippen LogP contribution in [0.4, 0.5) is 13.2 Å². The Labute approximate surface area is 120 Å². The molecule has 2 aliphatic rings. The van der Waals surface area contributed by atoms with E-state index in [-0.39, 0.29) is 12.8 Å². The summed E-state index contributed by atoms with van der Waals surface area (Å²) in [5.74, 6) is -3.73. The van der Waals surface area contributed by atoms with E-state index in [4.69, 9.17) is 0 Å². The molecule has 2 atom stereocenters. The Balaban J connectivity index is 2.10. The van der Waals surface area contributed by atoms with E-state index in [2.05, 4.69) is 0 Å². The fourth-order valence-electron chi connectivity index (χ4n) is 3.60. The van der Waals surface area contributed by atoms with Gasteiger partial charge in [0.2, 0.25) is 0 Å². The first kappa shape index (κ1) is 14.8. The Morgan fingerprint density at radius 1 is 1.05 bits per heavy atom. The van der Waals surface area contributed by atoms with E-state index in [1.807, 2.05) is 0 Å². The first-order valence-electron chi connectivity index (χ1n) is 6.85. The molecule has 2 unspecified atom stereocenters. The third-order valence-corrected chi connectivity index (χ3v) is 7.28. The number of hydrogen-bond acceptors (Lipinski definition) is 3. The molecular weight excluding hydrogens is 305 g/mol. The van der Waals surface area contributed by atoms with Gasteiger partial charge in [0, 0.05) is 0 Å². The highest BCUT2D eigenvalue weighted by atomic mass is 32.2. The molecule has 0 saturated carbocycles. The van der Waals surface area contributed by atoms with Crippen LogP contribution in [0.15, 0.2) is 12.1 Å². The lowest BCUT2D eigenvalue weighted by Crippen LogP contribution is -2.51. The molecular formula is C14H15F3O3S. The number of benzene rings is 1. The maximum atomic E-state index is 13.9. The van der Waals surface area contributed by atoms with Gasteiger partial charge in [-0.3, -0.25) is 0 Å². The van der Waals surface area contributed by atoms with E-state index < -0.39 is 49.0 Å². The van der Waals surface area contributed by atoms with Crippen molar-refractivity contribution in [3.05, 3.63) is 35.1 Å². The summed E-state index contributed by atoms with van der Waals surface area (Å²) in [5, 5.41) is 9.01. The van der Waals surface area contributed by atoms with Gasteiger partial charge < -0.3 is 5.11 Å². The van der Waals surface area contributed by atoms with Crippen molar-refractivity contribution in [1.82, 2.24) is 0 Å². The third kappa shape index (κ3) is 2.17. The number of hydrogen-bond donors (Lipinski definition) is 1. The molecule has 2 aliphatic heterocycles. The molecule has 0 amide bonds. The first-order valence-corrected chi connectivity index (χ1v) is 8.46. The Hall–Kier alpha value is -1.08. The normalized spacial score (nSPS) is 34.7. The second-order valence-corrected chi connectivity index (χ2v) is 8.43. The number of aliphatic hydroxyl groups is 1. The summed E-state index contributed by atoms with van der Waals surface area (Å²) in [7, 11) is -3.38. The van der Waals surface area contributed by atoms with Gasteiger partial charge in [-0.2, -0.15) is 0 Å². The van der Waals surface area contributed by atoms with Crippen LogP contribution in [0.3, 0.4) is 0 Å². The van der Waals surface area contributed by atoms with Gasteiger partial charge in [-0.15, -0.1) is 0 Å². The predicted molar refractivity (Wildman–Crippen MR) is 69.8 cm³/mol. The summed E-state index contributed by atoms with van der Waals surface area (Å²) < 4.78 is 65.6. The summed E-state index contributed by atoms with van der Waals surface area (Å²) in [6.45, 7) is 0. The quantitative estimate of drug-likeness (QED) is 0.809. The zero-order chi connectivity index (χ0) is 15.4. The fraction of sp³-hybridized carbons (Fsp3) is 0.571. The first-order chi connectivity index (χ1) is 9.75. The van der Waals surface area contributed by atoms with E-state index in [0.29, 0.717) is 25.3 Å². The Bertz CT molecular complexity index is 667. The molecule has 0 spiro atoms. The van der Waals surface area contributed by atoms with Crippen LogP contribution in [0.2, 0.25) is 0 Å². The predicted octanol–water partition coefficient (Wildman–Crippen LogP) is 2.42. The molecule has 3 rings (SSSR count). The van der Waals surface area contributed by atoms with E-state index in [9.17, 15) is 26.7 Å². The van der Waals surface area contributed by atoms with Crippen LogP contribution in [-0.2, 0) is 15.4 Å². The van der Waals surface area contributed by atoms with Gasteiger partial charge in [-0.25, -0.2) is 21.6 Å². The standard InChI is InChI=1S/C14H15F3O3S/c15-10-4-5-11(16)13(17)12(10)14(18)6-8-2-1-3-9(7-14)21(8,19)20/h4-5,8-9,18H,1-3,6-7H2. The summed E-state index contributed by atoms with van der Waals surface area (Å²) in [6, 6.07) is 1.41. The summed E-state index contributed by atoms with van der Waals surface area (Å²) in [6.07, 6.45) is 0.852. The average molecular weight is 320 g/mol. The minimum Gasteiger partial charge on any atom is -0.385 e. The van der Waals surface area contributed by atoms with E-state index in [1.54, 1.807) is 0 Å². The van der Waals surface area contributed by atoms with Gasteiger partial charge in [0.05, 0.1) is 21.7 Å². The molecule has 3 nitrogen and oxygen atoms in total. The van der Waals surface area contributed by atoms with Crippen molar-refractivity contribution in [2.75, 3.05) is 0 Å². The fourth-order valence-corrected chi connectivity index (χ4v) is 6.16. The van der Waals surface area contributed by atoms with E-state index >= 15 is 0 Å². The van der Waals surface area contributed by atoms with Gasteiger partial charge in [0.25, 0.3) is 0 Å². The average Bonchev–Trinajstić information content (AvgIpc) is 2.37. The SMILES string of the molecule is O=S1(=O)C2CCCC1CC(O)(c1c(F)ccc(F)c1F)C2. The molecule has 2 heterocycles. The number of halogens is 3. The van der Waals surface area contributed by atoms with Crippen molar-refractivity contribution >= 4 is 9.84 Å². The van der Waals surface area contributed by atoms with Crippen molar-refractivity contribution in [3.63, 3.8) is 0 Å². The molecule has 2 bridgehead atoms. The summed E-state index contributed by atoms with van der Waals surface area (Å²) >= 11 is 0. The number of fused-ring (bicyclic) bond motifs is 2. The second-order valence-electron chi connectivity index (χ2n) is 5.92. The molecule has 1 N–H and O–H groups in total. The third-order valence-electron chi connectivity index (χ3n) is 4.62. The lowest BCUT2D eigenvalue weighted by Gasteiger charge is -2.44. The Morgan fingerprint density at radius 3 is 2.14 bits per heavy atom. The minimum atomic E-state index is -3.38. The molecule has 1 aromatic rings. The van der Waals surface area contributed by atoms with Crippen molar-refractivity contribution in [2.45, 2.75) is 48.2 Å². The summed E-state index contributed by atoms with van der Waals surface area (Å²) in [5.41, 5.74) is -2.72.